The van der Waals surface area contributed by atoms with Crippen LogP contribution >= 0.6 is 11.6 Å². The molecule has 102 valence electrons. The summed E-state index contributed by atoms with van der Waals surface area (Å²) in [5.74, 6) is 0.637. The lowest BCUT2D eigenvalue weighted by atomic mass is 10.1. The number of rotatable bonds is 5. The van der Waals surface area contributed by atoms with E-state index in [0.717, 1.165) is 13.1 Å². The fraction of sp³-hybridized carbons (Fsp3) is 0.385. The molecule has 19 heavy (non-hydrogen) atoms. The van der Waals surface area contributed by atoms with Gasteiger partial charge in [-0.05, 0) is 24.7 Å². The fourth-order valence-electron chi connectivity index (χ4n) is 1.66. The highest BCUT2D eigenvalue weighted by molar-refractivity contribution is 6.33. The van der Waals surface area contributed by atoms with Gasteiger partial charge in [-0.1, -0.05) is 30.6 Å². The minimum absolute atomic E-state index is 0.112. The van der Waals surface area contributed by atoms with Crippen molar-refractivity contribution in [2.24, 2.45) is 0 Å². The molecule has 4 nitrogen and oxygen atoms in total. The molecule has 0 amide bonds. The molecule has 1 unspecified atom stereocenters. The van der Waals surface area contributed by atoms with Crippen LogP contribution in [0.15, 0.2) is 22.7 Å². The number of nitrogens with one attached hydrogen (secondary N) is 1. The predicted octanol–water partition coefficient (Wildman–Crippen LogP) is 3.24. The minimum atomic E-state index is -0.391. The van der Waals surface area contributed by atoms with Gasteiger partial charge in [0.25, 0.3) is 0 Å². The van der Waals surface area contributed by atoms with Crippen molar-refractivity contribution in [3.63, 3.8) is 0 Å². The normalized spacial score (nSPS) is 12.6. The van der Waals surface area contributed by atoms with Crippen molar-refractivity contribution in [3.05, 3.63) is 34.9 Å². The topological polar surface area (TPSA) is 51.0 Å². The summed E-state index contributed by atoms with van der Waals surface area (Å²) in [6.45, 7) is 5.67. The van der Waals surface area contributed by atoms with E-state index in [9.17, 15) is 4.39 Å². The number of halogens is 2. The van der Waals surface area contributed by atoms with Crippen LogP contribution in [-0.2, 0) is 0 Å². The van der Waals surface area contributed by atoms with Crippen LogP contribution in [0.4, 0.5) is 4.39 Å². The molecular formula is C13H15ClFN3O. The number of likely N-dealkylation sites (N-methyl/N-ethyl adjacent to an activating group) is 1. The van der Waals surface area contributed by atoms with E-state index >= 15 is 0 Å². The van der Waals surface area contributed by atoms with Crippen molar-refractivity contribution >= 4 is 11.6 Å². The first-order valence-corrected chi connectivity index (χ1v) is 6.49. The Kier molecular flexibility index (Phi) is 4.50. The smallest absolute Gasteiger partial charge is 0.231 e. The lowest BCUT2D eigenvalue weighted by molar-refractivity contribution is 0.355. The van der Waals surface area contributed by atoms with Crippen molar-refractivity contribution in [3.8, 4) is 11.4 Å². The summed E-state index contributed by atoms with van der Waals surface area (Å²) in [6.07, 6.45) is 0. The van der Waals surface area contributed by atoms with Crippen molar-refractivity contribution in [1.82, 2.24) is 15.5 Å². The molecule has 0 saturated heterocycles. The van der Waals surface area contributed by atoms with E-state index in [4.69, 9.17) is 16.1 Å². The number of benzene rings is 1. The van der Waals surface area contributed by atoms with E-state index in [1.54, 1.807) is 6.07 Å². The Morgan fingerprint density at radius 3 is 2.95 bits per heavy atom. The standard InChI is InChI=1S/C13H15ClFN3O/c1-3-16-7-8(2)13-17-12(18-19-13)10-5-4-9(15)6-11(10)14/h4-6,8,16H,3,7H2,1-2H3. The van der Waals surface area contributed by atoms with Gasteiger partial charge in [0.1, 0.15) is 5.82 Å². The molecular weight excluding hydrogens is 269 g/mol. The molecule has 1 aromatic heterocycles. The van der Waals surface area contributed by atoms with Gasteiger partial charge >= 0.3 is 0 Å². The highest BCUT2D eigenvalue weighted by Gasteiger charge is 2.16. The third-order valence-corrected chi connectivity index (χ3v) is 3.05. The monoisotopic (exact) mass is 283 g/mol. The maximum Gasteiger partial charge on any atom is 0.231 e. The van der Waals surface area contributed by atoms with E-state index in [-0.39, 0.29) is 10.9 Å². The maximum absolute atomic E-state index is 13.0. The molecule has 0 aliphatic rings. The largest absolute Gasteiger partial charge is 0.339 e. The third kappa shape index (κ3) is 3.30. The van der Waals surface area contributed by atoms with Crippen LogP contribution in [0.1, 0.15) is 25.7 Å². The molecule has 0 aliphatic heterocycles. The second-order valence-electron chi connectivity index (χ2n) is 4.29. The van der Waals surface area contributed by atoms with Gasteiger partial charge in [0, 0.05) is 18.0 Å². The van der Waals surface area contributed by atoms with E-state index in [1.807, 2.05) is 13.8 Å². The lowest BCUT2D eigenvalue weighted by Gasteiger charge is -2.05. The molecule has 0 aliphatic carbocycles. The predicted molar refractivity (Wildman–Crippen MR) is 71.7 cm³/mol. The number of hydrogen-bond donors (Lipinski definition) is 1. The molecule has 1 atom stereocenters. The van der Waals surface area contributed by atoms with E-state index in [1.165, 1.54) is 12.1 Å². The Balaban J connectivity index is 2.20. The van der Waals surface area contributed by atoms with Crippen LogP contribution in [0, 0.1) is 5.82 Å². The van der Waals surface area contributed by atoms with Gasteiger partial charge in [-0.2, -0.15) is 4.98 Å². The molecule has 0 bridgehead atoms. The average Bonchev–Trinajstić information content (AvgIpc) is 2.85. The highest BCUT2D eigenvalue weighted by atomic mass is 35.5. The van der Waals surface area contributed by atoms with Gasteiger partial charge in [0.2, 0.25) is 11.7 Å². The molecule has 0 radical (unpaired) electrons. The average molecular weight is 284 g/mol. The molecule has 1 N–H and O–H groups in total. The highest BCUT2D eigenvalue weighted by Crippen LogP contribution is 2.27. The van der Waals surface area contributed by atoms with Crippen LogP contribution in [-0.4, -0.2) is 23.2 Å². The zero-order valence-electron chi connectivity index (χ0n) is 10.8. The van der Waals surface area contributed by atoms with Gasteiger partial charge < -0.3 is 9.84 Å². The summed E-state index contributed by atoms with van der Waals surface area (Å²) >= 11 is 5.96. The molecule has 0 spiro atoms. The molecule has 0 fully saturated rings. The van der Waals surface area contributed by atoms with E-state index < -0.39 is 5.82 Å². The SMILES string of the molecule is CCNCC(C)c1nc(-c2ccc(F)cc2Cl)no1. The van der Waals surface area contributed by atoms with Crippen molar-refractivity contribution < 1.29 is 8.91 Å². The zero-order chi connectivity index (χ0) is 13.8. The fourth-order valence-corrected chi connectivity index (χ4v) is 1.92. The summed E-state index contributed by atoms with van der Waals surface area (Å²) in [6, 6.07) is 4.09. The van der Waals surface area contributed by atoms with Crippen LogP contribution in [0.5, 0.6) is 0 Å². The Morgan fingerprint density at radius 1 is 1.47 bits per heavy atom. The molecule has 2 rings (SSSR count). The lowest BCUT2D eigenvalue weighted by Crippen LogP contribution is -2.19. The molecule has 6 heteroatoms. The summed E-state index contributed by atoms with van der Waals surface area (Å²) in [5.41, 5.74) is 0.564. The first kappa shape index (κ1) is 14.0. The van der Waals surface area contributed by atoms with Gasteiger partial charge in [-0.25, -0.2) is 4.39 Å². The number of hydrogen-bond acceptors (Lipinski definition) is 4. The van der Waals surface area contributed by atoms with E-state index in [2.05, 4.69) is 15.5 Å². The van der Waals surface area contributed by atoms with E-state index in [0.29, 0.717) is 17.3 Å². The van der Waals surface area contributed by atoms with Gasteiger partial charge in [-0.3, -0.25) is 0 Å². The molecule has 1 aromatic carbocycles. The van der Waals surface area contributed by atoms with Crippen molar-refractivity contribution in [2.75, 3.05) is 13.1 Å². The summed E-state index contributed by atoms with van der Waals surface area (Å²) in [5, 5.41) is 7.37. The summed E-state index contributed by atoms with van der Waals surface area (Å²) in [4.78, 5) is 4.30. The number of aromatic nitrogens is 2. The Bertz CT molecular complexity index is 559. The number of nitrogens with zero attached hydrogens (tertiary/aromatic N) is 2. The second kappa shape index (κ2) is 6.12. The van der Waals surface area contributed by atoms with Gasteiger partial charge in [0.15, 0.2) is 0 Å². The quantitative estimate of drug-likeness (QED) is 0.915. The first-order valence-electron chi connectivity index (χ1n) is 6.11. The van der Waals surface area contributed by atoms with Crippen LogP contribution < -0.4 is 5.32 Å². The minimum Gasteiger partial charge on any atom is -0.339 e. The van der Waals surface area contributed by atoms with Crippen molar-refractivity contribution in [1.29, 1.82) is 0 Å². The zero-order valence-corrected chi connectivity index (χ0v) is 11.5. The van der Waals surface area contributed by atoms with Gasteiger partial charge in [-0.15, -0.1) is 0 Å². The van der Waals surface area contributed by atoms with Crippen LogP contribution in [0.25, 0.3) is 11.4 Å². The molecule has 0 saturated carbocycles. The first-order chi connectivity index (χ1) is 9.11. The summed E-state index contributed by atoms with van der Waals surface area (Å²) in [7, 11) is 0. The Hall–Kier alpha value is -1.46. The summed E-state index contributed by atoms with van der Waals surface area (Å²) < 4.78 is 18.2. The third-order valence-electron chi connectivity index (χ3n) is 2.74. The van der Waals surface area contributed by atoms with Crippen LogP contribution in [0.2, 0.25) is 5.02 Å². The Morgan fingerprint density at radius 2 is 2.26 bits per heavy atom. The van der Waals surface area contributed by atoms with Crippen LogP contribution in [0.3, 0.4) is 0 Å². The Labute approximate surface area is 116 Å². The van der Waals surface area contributed by atoms with Gasteiger partial charge in [0.05, 0.1) is 5.02 Å². The second-order valence-corrected chi connectivity index (χ2v) is 4.70. The molecule has 2 aromatic rings. The molecule has 1 heterocycles. The maximum atomic E-state index is 13.0. The van der Waals surface area contributed by atoms with Crippen molar-refractivity contribution in [2.45, 2.75) is 19.8 Å².